The van der Waals surface area contributed by atoms with E-state index in [0.717, 1.165) is 36.5 Å². The standard InChI is InChI=1S/C23H25N5O4S/c1-16(29)20-7-8-21(33-20)23(31)26-18-11-25-28(13-18)15-22(30)27(14-19-6-4-10-32-19)12-17-5-2-3-9-24-17/h2-3,5,7-9,11,13,19H,4,6,10,12,14-15H2,1H3,(H,26,31)/t19-/m0/s1. The monoisotopic (exact) mass is 467 g/mol. The molecule has 0 aliphatic carbocycles. The summed E-state index contributed by atoms with van der Waals surface area (Å²) in [5.41, 5.74) is 1.28. The van der Waals surface area contributed by atoms with Crippen molar-refractivity contribution in [1.29, 1.82) is 0 Å². The molecule has 4 rings (SSSR count). The van der Waals surface area contributed by atoms with Gasteiger partial charge in [0, 0.05) is 25.5 Å². The average molecular weight is 468 g/mol. The van der Waals surface area contributed by atoms with Gasteiger partial charge in [0.25, 0.3) is 5.91 Å². The van der Waals surface area contributed by atoms with Gasteiger partial charge in [-0.1, -0.05) is 6.07 Å². The van der Waals surface area contributed by atoms with Crippen LogP contribution >= 0.6 is 11.3 Å². The van der Waals surface area contributed by atoms with Gasteiger partial charge in [-0.2, -0.15) is 5.10 Å². The molecule has 9 nitrogen and oxygen atoms in total. The number of amides is 2. The van der Waals surface area contributed by atoms with Gasteiger partial charge in [-0.3, -0.25) is 24.0 Å². The molecule has 1 aliphatic heterocycles. The molecule has 10 heteroatoms. The van der Waals surface area contributed by atoms with Gasteiger partial charge >= 0.3 is 0 Å². The maximum atomic E-state index is 13.1. The van der Waals surface area contributed by atoms with Crippen LogP contribution in [0.15, 0.2) is 48.9 Å². The zero-order valence-electron chi connectivity index (χ0n) is 18.3. The molecular weight excluding hydrogens is 442 g/mol. The smallest absolute Gasteiger partial charge is 0.265 e. The van der Waals surface area contributed by atoms with Gasteiger partial charge in [-0.15, -0.1) is 11.3 Å². The topological polar surface area (TPSA) is 106 Å². The third-order valence-corrected chi connectivity index (χ3v) is 6.43. The zero-order valence-corrected chi connectivity index (χ0v) is 19.1. The van der Waals surface area contributed by atoms with Crippen LogP contribution in [0.3, 0.4) is 0 Å². The molecule has 3 aromatic heterocycles. The summed E-state index contributed by atoms with van der Waals surface area (Å²) in [7, 11) is 0. The number of carbonyl (C=O) groups excluding carboxylic acids is 3. The molecule has 4 heterocycles. The van der Waals surface area contributed by atoms with Gasteiger partial charge < -0.3 is 15.0 Å². The molecule has 1 atom stereocenters. The first-order valence-corrected chi connectivity index (χ1v) is 11.5. The highest BCUT2D eigenvalue weighted by atomic mass is 32.1. The molecule has 0 aromatic carbocycles. The molecule has 2 amide bonds. The Morgan fingerprint density at radius 3 is 2.79 bits per heavy atom. The van der Waals surface area contributed by atoms with Crippen LogP contribution < -0.4 is 5.32 Å². The summed E-state index contributed by atoms with van der Waals surface area (Å²) in [6.07, 6.45) is 6.76. The lowest BCUT2D eigenvalue weighted by molar-refractivity contribution is -0.134. The molecule has 1 saturated heterocycles. The predicted octanol–water partition coefficient (Wildman–Crippen LogP) is 3.00. The van der Waals surface area contributed by atoms with Gasteiger partial charge in [0.1, 0.15) is 6.54 Å². The minimum atomic E-state index is -0.325. The molecule has 0 radical (unpaired) electrons. The van der Waals surface area contributed by atoms with E-state index in [2.05, 4.69) is 15.4 Å². The molecule has 0 unspecified atom stereocenters. The van der Waals surface area contributed by atoms with Crippen LogP contribution in [0.25, 0.3) is 0 Å². The van der Waals surface area contributed by atoms with Crippen molar-refractivity contribution in [3.63, 3.8) is 0 Å². The Labute approximate surface area is 195 Å². The van der Waals surface area contributed by atoms with E-state index >= 15 is 0 Å². The van der Waals surface area contributed by atoms with Crippen LogP contribution in [-0.4, -0.2) is 56.5 Å². The average Bonchev–Trinajstić information content (AvgIpc) is 3.56. The molecule has 1 aliphatic rings. The molecule has 0 bridgehead atoms. The summed E-state index contributed by atoms with van der Waals surface area (Å²) in [6.45, 7) is 3.10. The Morgan fingerprint density at radius 2 is 2.09 bits per heavy atom. The maximum Gasteiger partial charge on any atom is 0.265 e. The van der Waals surface area contributed by atoms with Crippen LogP contribution in [0.1, 0.15) is 44.8 Å². The van der Waals surface area contributed by atoms with E-state index in [-0.39, 0.29) is 30.2 Å². The van der Waals surface area contributed by atoms with Crippen molar-refractivity contribution in [3.8, 4) is 0 Å². The van der Waals surface area contributed by atoms with Gasteiger partial charge in [-0.05, 0) is 44.0 Å². The van der Waals surface area contributed by atoms with Crippen molar-refractivity contribution in [2.45, 2.75) is 39.0 Å². The first-order chi connectivity index (χ1) is 16.0. The summed E-state index contributed by atoms with van der Waals surface area (Å²) >= 11 is 1.14. The van der Waals surface area contributed by atoms with Crippen LogP contribution in [-0.2, 0) is 22.6 Å². The number of carbonyl (C=O) groups is 3. The summed E-state index contributed by atoms with van der Waals surface area (Å²) < 4.78 is 7.22. The third-order valence-electron chi connectivity index (χ3n) is 5.24. The summed E-state index contributed by atoms with van der Waals surface area (Å²) in [5.74, 6) is -0.515. The number of hydrogen-bond acceptors (Lipinski definition) is 7. The second kappa shape index (κ2) is 10.5. The fourth-order valence-electron chi connectivity index (χ4n) is 3.57. The van der Waals surface area contributed by atoms with E-state index in [1.807, 2.05) is 18.2 Å². The normalized spacial score (nSPS) is 15.4. The van der Waals surface area contributed by atoms with Gasteiger partial charge in [-0.25, -0.2) is 0 Å². The van der Waals surface area contributed by atoms with Crippen molar-refractivity contribution in [2.75, 3.05) is 18.5 Å². The number of anilines is 1. The second-order valence-corrected chi connectivity index (χ2v) is 8.91. The molecule has 0 spiro atoms. The number of rotatable bonds is 9. The number of nitrogens with zero attached hydrogens (tertiary/aromatic N) is 4. The number of hydrogen-bond donors (Lipinski definition) is 1. The Bertz CT molecular complexity index is 1120. The minimum absolute atomic E-state index is 0.0239. The summed E-state index contributed by atoms with van der Waals surface area (Å²) in [4.78, 5) is 44.0. The minimum Gasteiger partial charge on any atom is -0.376 e. The number of nitrogens with one attached hydrogen (secondary N) is 1. The second-order valence-electron chi connectivity index (χ2n) is 7.83. The van der Waals surface area contributed by atoms with E-state index in [9.17, 15) is 14.4 Å². The highest BCUT2D eigenvalue weighted by Gasteiger charge is 2.23. The third kappa shape index (κ3) is 6.11. The maximum absolute atomic E-state index is 13.1. The molecule has 3 aromatic rings. The number of Topliss-reactive ketones (excluding diaryl/α,β-unsaturated/α-hetero) is 1. The molecule has 33 heavy (non-hydrogen) atoms. The fourth-order valence-corrected chi connectivity index (χ4v) is 4.37. The van der Waals surface area contributed by atoms with Crippen molar-refractivity contribution >= 4 is 34.6 Å². The van der Waals surface area contributed by atoms with Gasteiger partial charge in [0.15, 0.2) is 5.78 Å². The van der Waals surface area contributed by atoms with Crippen molar-refractivity contribution < 1.29 is 19.1 Å². The number of pyridine rings is 1. The Morgan fingerprint density at radius 1 is 1.24 bits per heavy atom. The predicted molar refractivity (Wildman–Crippen MR) is 123 cm³/mol. The highest BCUT2D eigenvalue weighted by Crippen LogP contribution is 2.19. The Hall–Kier alpha value is -3.37. The van der Waals surface area contributed by atoms with Gasteiger partial charge in [0.05, 0.1) is 40.0 Å². The van der Waals surface area contributed by atoms with Crippen LogP contribution in [0.2, 0.25) is 0 Å². The van der Waals surface area contributed by atoms with Crippen molar-refractivity contribution in [3.05, 3.63) is 64.4 Å². The Kier molecular flexibility index (Phi) is 7.26. The number of ketones is 1. The molecule has 172 valence electrons. The van der Waals surface area contributed by atoms with Crippen molar-refractivity contribution in [1.82, 2.24) is 19.7 Å². The van der Waals surface area contributed by atoms with E-state index in [0.29, 0.717) is 28.5 Å². The number of aromatic nitrogens is 3. The number of thiophene rings is 1. The molecule has 1 fully saturated rings. The quantitative estimate of drug-likeness (QED) is 0.485. The molecule has 1 N–H and O–H groups in total. The first-order valence-electron chi connectivity index (χ1n) is 10.7. The van der Waals surface area contributed by atoms with Crippen molar-refractivity contribution in [2.24, 2.45) is 0 Å². The zero-order chi connectivity index (χ0) is 23.2. The number of ether oxygens (including phenoxy) is 1. The first kappa shape index (κ1) is 22.8. The van der Waals surface area contributed by atoms with E-state index < -0.39 is 0 Å². The summed E-state index contributed by atoms with van der Waals surface area (Å²) in [5, 5.41) is 6.97. The molecule has 0 saturated carbocycles. The lowest BCUT2D eigenvalue weighted by atomic mass is 10.2. The highest BCUT2D eigenvalue weighted by molar-refractivity contribution is 7.16. The van der Waals surface area contributed by atoms with Crippen LogP contribution in [0.5, 0.6) is 0 Å². The van der Waals surface area contributed by atoms with E-state index in [1.165, 1.54) is 17.8 Å². The largest absolute Gasteiger partial charge is 0.376 e. The van der Waals surface area contributed by atoms with Crippen LogP contribution in [0.4, 0.5) is 5.69 Å². The summed E-state index contributed by atoms with van der Waals surface area (Å²) in [6, 6.07) is 8.87. The lowest BCUT2D eigenvalue weighted by Crippen LogP contribution is -2.39. The van der Waals surface area contributed by atoms with E-state index in [4.69, 9.17) is 4.74 Å². The van der Waals surface area contributed by atoms with Crippen LogP contribution in [0, 0.1) is 0 Å². The van der Waals surface area contributed by atoms with Gasteiger partial charge in [0.2, 0.25) is 5.91 Å². The molecular formula is C23H25N5O4S. The fraction of sp³-hybridized carbons (Fsp3) is 0.348. The lowest BCUT2D eigenvalue weighted by Gasteiger charge is -2.25. The van der Waals surface area contributed by atoms with E-state index in [1.54, 1.807) is 29.4 Å². The Balaban J connectivity index is 1.39. The SMILES string of the molecule is CC(=O)c1ccc(C(=O)Nc2cnn(CC(=O)N(Cc3ccccn3)C[C@@H]3CCCO3)c2)s1.